The molecule has 0 bridgehead atoms. The van der Waals surface area contributed by atoms with Crippen molar-refractivity contribution in [2.45, 2.75) is 13.8 Å². The van der Waals surface area contributed by atoms with E-state index in [9.17, 15) is 0 Å². The molecule has 0 fully saturated rings. The number of hydrogen-bond donors (Lipinski definition) is 0. The molecule has 0 saturated heterocycles. The van der Waals surface area contributed by atoms with Crippen molar-refractivity contribution in [2.24, 2.45) is 0 Å². The molecule has 2 aromatic carbocycles. The number of aromatic nitrogens is 2. The lowest BCUT2D eigenvalue weighted by Crippen LogP contribution is -1.90. The first-order chi connectivity index (χ1) is 11.2. The molecule has 2 heterocycles. The highest BCUT2D eigenvalue weighted by atomic mass is 15.0. The van der Waals surface area contributed by atoms with Crippen molar-refractivity contribution >= 4 is 5.65 Å². The minimum atomic E-state index is 0.986. The first-order valence-electron chi connectivity index (χ1n) is 7.83. The van der Waals surface area contributed by atoms with Crippen molar-refractivity contribution in [2.75, 3.05) is 0 Å². The van der Waals surface area contributed by atoms with Crippen molar-refractivity contribution < 1.29 is 0 Å². The van der Waals surface area contributed by atoms with Gasteiger partial charge in [0, 0.05) is 17.3 Å². The molecule has 23 heavy (non-hydrogen) atoms. The molecule has 2 nitrogen and oxygen atoms in total. The SMILES string of the molecule is Cc1ccc(-c2c(-c3ccccc3)nc3cc(C)ccn23)cc1. The van der Waals surface area contributed by atoms with Gasteiger partial charge in [0.1, 0.15) is 5.65 Å². The van der Waals surface area contributed by atoms with E-state index in [4.69, 9.17) is 4.98 Å². The summed E-state index contributed by atoms with van der Waals surface area (Å²) in [5.74, 6) is 0. The summed E-state index contributed by atoms with van der Waals surface area (Å²) in [6.45, 7) is 4.21. The highest BCUT2D eigenvalue weighted by molar-refractivity contribution is 5.82. The summed E-state index contributed by atoms with van der Waals surface area (Å²) in [6.07, 6.45) is 2.11. The molecule has 0 amide bonds. The van der Waals surface area contributed by atoms with Crippen LogP contribution in [0.3, 0.4) is 0 Å². The van der Waals surface area contributed by atoms with E-state index in [0.717, 1.165) is 22.6 Å². The number of rotatable bonds is 2. The molecule has 0 radical (unpaired) electrons. The molecular weight excluding hydrogens is 280 g/mol. The quantitative estimate of drug-likeness (QED) is 0.492. The van der Waals surface area contributed by atoms with Crippen LogP contribution in [0.5, 0.6) is 0 Å². The molecule has 4 rings (SSSR count). The Labute approximate surface area is 136 Å². The van der Waals surface area contributed by atoms with Gasteiger partial charge in [-0.25, -0.2) is 4.98 Å². The Kier molecular flexibility index (Phi) is 3.23. The van der Waals surface area contributed by atoms with Gasteiger partial charge < -0.3 is 0 Å². The Morgan fingerprint density at radius 1 is 0.739 bits per heavy atom. The number of benzene rings is 2. The van der Waals surface area contributed by atoms with Crippen LogP contribution in [-0.4, -0.2) is 9.38 Å². The Morgan fingerprint density at radius 3 is 2.22 bits per heavy atom. The molecule has 0 aliphatic heterocycles. The van der Waals surface area contributed by atoms with Gasteiger partial charge in [0.15, 0.2) is 0 Å². The van der Waals surface area contributed by atoms with E-state index in [-0.39, 0.29) is 0 Å². The van der Waals surface area contributed by atoms with Crippen LogP contribution in [0.1, 0.15) is 11.1 Å². The average Bonchev–Trinajstić information content (AvgIpc) is 2.95. The second kappa shape index (κ2) is 5.40. The third-order valence-electron chi connectivity index (χ3n) is 4.15. The molecule has 0 spiro atoms. The molecule has 0 N–H and O–H groups in total. The number of nitrogens with zero attached hydrogens (tertiary/aromatic N) is 2. The van der Waals surface area contributed by atoms with E-state index in [1.807, 2.05) is 6.07 Å². The molecule has 0 unspecified atom stereocenters. The lowest BCUT2D eigenvalue weighted by Gasteiger charge is -2.06. The van der Waals surface area contributed by atoms with Crippen LogP contribution in [0.2, 0.25) is 0 Å². The standard InChI is InChI=1S/C21H18N2/c1-15-8-10-18(11-9-15)21-20(17-6-4-3-5-7-17)22-19-14-16(2)12-13-23(19)21/h3-14H,1-2H3. The van der Waals surface area contributed by atoms with Crippen LogP contribution in [0, 0.1) is 13.8 Å². The summed E-state index contributed by atoms with van der Waals surface area (Å²) in [4.78, 5) is 4.91. The summed E-state index contributed by atoms with van der Waals surface area (Å²) in [5.41, 5.74) is 7.97. The lowest BCUT2D eigenvalue weighted by atomic mass is 10.0. The van der Waals surface area contributed by atoms with Crippen molar-refractivity contribution in [3.8, 4) is 22.5 Å². The maximum absolute atomic E-state index is 4.91. The predicted molar refractivity (Wildman–Crippen MR) is 95.5 cm³/mol. The van der Waals surface area contributed by atoms with Crippen LogP contribution >= 0.6 is 0 Å². The van der Waals surface area contributed by atoms with E-state index in [2.05, 4.69) is 85.1 Å². The third kappa shape index (κ3) is 2.42. The third-order valence-corrected chi connectivity index (χ3v) is 4.15. The van der Waals surface area contributed by atoms with Gasteiger partial charge in [-0.05, 0) is 31.5 Å². The van der Waals surface area contributed by atoms with Gasteiger partial charge in [0.25, 0.3) is 0 Å². The van der Waals surface area contributed by atoms with Crippen LogP contribution in [0.25, 0.3) is 28.2 Å². The summed E-state index contributed by atoms with van der Waals surface area (Å²) in [7, 11) is 0. The zero-order valence-electron chi connectivity index (χ0n) is 13.3. The minimum Gasteiger partial charge on any atom is -0.299 e. The van der Waals surface area contributed by atoms with Crippen LogP contribution < -0.4 is 0 Å². The smallest absolute Gasteiger partial charge is 0.138 e. The van der Waals surface area contributed by atoms with Gasteiger partial charge in [-0.1, -0.05) is 60.2 Å². The monoisotopic (exact) mass is 298 g/mol. The average molecular weight is 298 g/mol. The molecule has 0 atom stereocenters. The van der Waals surface area contributed by atoms with Crippen molar-refractivity contribution in [3.05, 3.63) is 84.1 Å². The van der Waals surface area contributed by atoms with Crippen molar-refractivity contribution in [1.29, 1.82) is 0 Å². The number of hydrogen-bond acceptors (Lipinski definition) is 1. The van der Waals surface area contributed by atoms with Crippen molar-refractivity contribution in [1.82, 2.24) is 9.38 Å². The number of imidazole rings is 1. The maximum atomic E-state index is 4.91. The van der Waals surface area contributed by atoms with Crippen molar-refractivity contribution in [3.63, 3.8) is 0 Å². The van der Waals surface area contributed by atoms with Gasteiger partial charge in [-0.2, -0.15) is 0 Å². The largest absolute Gasteiger partial charge is 0.299 e. The van der Waals surface area contributed by atoms with Gasteiger partial charge >= 0.3 is 0 Å². The van der Waals surface area contributed by atoms with E-state index >= 15 is 0 Å². The van der Waals surface area contributed by atoms with Gasteiger partial charge in [0.05, 0.1) is 11.4 Å². The topological polar surface area (TPSA) is 17.3 Å². The van der Waals surface area contributed by atoms with Gasteiger partial charge in [-0.3, -0.25) is 4.40 Å². The van der Waals surface area contributed by atoms with Crippen LogP contribution in [-0.2, 0) is 0 Å². The number of aryl methyl sites for hydroxylation is 2. The Bertz CT molecular complexity index is 964. The minimum absolute atomic E-state index is 0.986. The summed E-state index contributed by atoms with van der Waals surface area (Å²) >= 11 is 0. The fraction of sp³-hybridized carbons (Fsp3) is 0.0952. The first kappa shape index (κ1) is 13.8. The molecule has 0 aliphatic carbocycles. The molecule has 2 aromatic heterocycles. The van der Waals surface area contributed by atoms with E-state index in [1.54, 1.807) is 0 Å². The zero-order chi connectivity index (χ0) is 15.8. The highest BCUT2D eigenvalue weighted by Gasteiger charge is 2.15. The summed E-state index contributed by atoms with van der Waals surface area (Å²) in [5, 5.41) is 0. The lowest BCUT2D eigenvalue weighted by molar-refractivity contribution is 1.17. The molecule has 2 heteroatoms. The van der Waals surface area contributed by atoms with E-state index in [1.165, 1.54) is 16.7 Å². The Hall–Kier alpha value is -2.87. The van der Waals surface area contributed by atoms with E-state index in [0.29, 0.717) is 0 Å². The van der Waals surface area contributed by atoms with Gasteiger partial charge in [0.2, 0.25) is 0 Å². The first-order valence-corrected chi connectivity index (χ1v) is 7.83. The molecule has 4 aromatic rings. The molecule has 0 saturated carbocycles. The zero-order valence-corrected chi connectivity index (χ0v) is 13.3. The molecular formula is C21H18N2. The number of fused-ring (bicyclic) bond motifs is 1. The predicted octanol–water partition coefficient (Wildman–Crippen LogP) is 5.29. The second-order valence-corrected chi connectivity index (χ2v) is 5.97. The van der Waals surface area contributed by atoms with Crippen LogP contribution in [0.4, 0.5) is 0 Å². The van der Waals surface area contributed by atoms with Gasteiger partial charge in [-0.15, -0.1) is 0 Å². The normalized spacial score (nSPS) is 11.0. The summed E-state index contributed by atoms with van der Waals surface area (Å²) < 4.78 is 2.18. The Balaban J connectivity index is 2.05. The Morgan fingerprint density at radius 2 is 1.48 bits per heavy atom. The molecule has 0 aliphatic rings. The number of pyridine rings is 1. The van der Waals surface area contributed by atoms with E-state index < -0.39 is 0 Å². The summed E-state index contributed by atoms with van der Waals surface area (Å²) in [6, 6.07) is 23.3. The van der Waals surface area contributed by atoms with Crippen LogP contribution in [0.15, 0.2) is 72.9 Å². The second-order valence-electron chi connectivity index (χ2n) is 5.97. The maximum Gasteiger partial charge on any atom is 0.138 e. The molecule has 112 valence electrons. The fourth-order valence-corrected chi connectivity index (χ4v) is 2.93. The fourth-order valence-electron chi connectivity index (χ4n) is 2.93. The highest BCUT2D eigenvalue weighted by Crippen LogP contribution is 2.33.